The summed E-state index contributed by atoms with van der Waals surface area (Å²) in [4.78, 5) is 30.4. The molecular formula is C14H11N3O3. The highest BCUT2D eigenvalue weighted by Crippen LogP contribution is 2.14. The number of carbonyl (C=O) groups is 1. The quantitative estimate of drug-likeness (QED) is 0.715. The molecule has 3 rings (SSSR count). The molecule has 0 aliphatic heterocycles. The Morgan fingerprint density at radius 3 is 2.75 bits per heavy atom. The number of para-hydroxylation sites is 1. The minimum Gasteiger partial charge on any atom is -0.465 e. The second-order valence-electron chi connectivity index (χ2n) is 4.19. The summed E-state index contributed by atoms with van der Waals surface area (Å²) in [7, 11) is 1.30. The van der Waals surface area contributed by atoms with Crippen LogP contribution >= 0.6 is 0 Å². The average molecular weight is 269 g/mol. The van der Waals surface area contributed by atoms with E-state index in [0.29, 0.717) is 22.4 Å². The summed E-state index contributed by atoms with van der Waals surface area (Å²) in [5.41, 5.74) is 1.65. The van der Waals surface area contributed by atoms with Gasteiger partial charge in [-0.05, 0) is 18.2 Å². The number of nitrogens with zero attached hydrogens (tertiary/aromatic N) is 2. The third-order valence-electron chi connectivity index (χ3n) is 2.96. The number of aromatic amines is 1. The van der Waals surface area contributed by atoms with E-state index in [4.69, 9.17) is 0 Å². The zero-order valence-corrected chi connectivity index (χ0v) is 10.7. The molecule has 6 heteroatoms. The van der Waals surface area contributed by atoms with Gasteiger partial charge in [-0.3, -0.25) is 0 Å². The Bertz CT molecular complexity index is 834. The molecule has 0 aliphatic rings. The molecule has 2 heterocycles. The van der Waals surface area contributed by atoms with Gasteiger partial charge in [0.15, 0.2) is 5.65 Å². The molecular weight excluding hydrogens is 258 g/mol. The van der Waals surface area contributed by atoms with Crippen LogP contribution < -0.4 is 5.69 Å². The predicted molar refractivity (Wildman–Crippen MR) is 73.0 cm³/mol. The van der Waals surface area contributed by atoms with Crippen LogP contribution in [0.5, 0.6) is 0 Å². The number of hydrogen-bond acceptors (Lipinski definition) is 4. The predicted octanol–water partition coefficient (Wildman–Crippen LogP) is 1.50. The third-order valence-corrected chi connectivity index (χ3v) is 2.96. The number of hydrogen-bond donors (Lipinski definition) is 1. The third kappa shape index (κ3) is 1.87. The van der Waals surface area contributed by atoms with Crippen molar-refractivity contribution in [3.05, 3.63) is 58.6 Å². The first kappa shape index (κ1) is 12.2. The number of esters is 1. The maximum atomic E-state index is 12.0. The summed E-state index contributed by atoms with van der Waals surface area (Å²) >= 11 is 0. The zero-order chi connectivity index (χ0) is 14.1. The Morgan fingerprint density at radius 2 is 2.05 bits per heavy atom. The molecule has 0 radical (unpaired) electrons. The van der Waals surface area contributed by atoms with Crippen molar-refractivity contribution in [2.24, 2.45) is 0 Å². The van der Waals surface area contributed by atoms with Gasteiger partial charge in [-0.25, -0.2) is 19.1 Å². The van der Waals surface area contributed by atoms with Crippen LogP contribution in [0.25, 0.3) is 16.9 Å². The lowest BCUT2D eigenvalue weighted by atomic mass is 10.2. The second-order valence-corrected chi connectivity index (χ2v) is 4.19. The van der Waals surface area contributed by atoms with Crippen LogP contribution in [0.4, 0.5) is 0 Å². The van der Waals surface area contributed by atoms with Crippen LogP contribution in [0.1, 0.15) is 10.4 Å². The van der Waals surface area contributed by atoms with Gasteiger partial charge in [-0.2, -0.15) is 0 Å². The van der Waals surface area contributed by atoms with Crippen LogP contribution in [0.15, 0.2) is 47.4 Å². The first-order chi connectivity index (χ1) is 9.70. The molecule has 0 fully saturated rings. The van der Waals surface area contributed by atoms with Crippen molar-refractivity contribution in [2.75, 3.05) is 7.11 Å². The van der Waals surface area contributed by atoms with Gasteiger partial charge in [0.05, 0.1) is 23.9 Å². The smallest absolute Gasteiger partial charge is 0.339 e. The minimum atomic E-state index is -0.493. The van der Waals surface area contributed by atoms with Gasteiger partial charge in [0.1, 0.15) is 0 Å². The lowest BCUT2D eigenvalue weighted by Crippen LogP contribution is -2.14. The molecule has 1 aromatic carbocycles. The van der Waals surface area contributed by atoms with Gasteiger partial charge in [-0.1, -0.05) is 18.2 Å². The van der Waals surface area contributed by atoms with Crippen molar-refractivity contribution in [1.29, 1.82) is 0 Å². The number of aromatic nitrogens is 3. The minimum absolute atomic E-state index is 0.293. The summed E-state index contributed by atoms with van der Waals surface area (Å²) < 4.78 is 6.08. The molecule has 0 unspecified atom stereocenters. The number of H-pyrrole nitrogens is 1. The Morgan fingerprint density at radius 1 is 1.30 bits per heavy atom. The number of nitrogens with one attached hydrogen (secondary N) is 1. The number of pyridine rings is 1. The van der Waals surface area contributed by atoms with Gasteiger partial charge in [0, 0.05) is 6.20 Å². The molecule has 0 spiro atoms. The Kier molecular flexibility index (Phi) is 2.83. The van der Waals surface area contributed by atoms with Crippen LogP contribution in [0, 0.1) is 0 Å². The summed E-state index contributed by atoms with van der Waals surface area (Å²) in [6.07, 6.45) is 1.39. The van der Waals surface area contributed by atoms with E-state index in [0.717, 1.165) is 0 Å². The first-order valence-electron chi connectivity index (χ1n) is 5.95. The highest BCUT2D eigenvalue weighted by Gasteiger charge is 2.13. The standard InChI is InChI=1S/C14H11N3O3/c1-20-13(18)9-7-11-12(15-8-9)17(14(19)16-11)10-5-3-2-4-6-10/h2-8H,1H3,(H,16,19). The number of benzene rings is 1. The maximum absolute atomic E-state index is 12.0. The van der Waals surface area contributed by atoms with E-state index < -0.39 is 5.97 Å². The first-order valence-corrected chi connectivity index (χ1v) is 5.95. The number of fused-ring (bicyclic) bond motifs is 1. The molecule has 0 aliphatic carbocycles. The second kappa shape index (κ2) is 4.65. The normalized spacial score (nSPS) is 10.7. The zero-order valence-electron chi connectivity index (χ0n) is 10.7. The van der Waals surface area contributed by atoms with Crippen molar-refractivity contribution in [3.8, 4) is 5.69 Å². The summed E-state index contributed by atoms with van der Waals surface area (Å²) in [5, 5.41) is 0. The molecule has 6 nitrogen and oxygen atoms in total. The summed E-state index contributed by atoms with van der Waals surface area (Å²) in [6.45, 7) is 0. The molecule has 0 amide bonds. The number of imidazole rings is 1. The van der Waals surface area contributed by atoms with Crippen LogP contribution in [0.2, 0.25) is 0 Å². The topological polar surface area (TPSA) is 77.0 Å². The SMILES string of the molecule is COC(=O)c1cnc2c(c1)[nH]c(=O)n2-c1ccccc1. The van der Waals surface area contributed by atoms with Gasteiger partial charge in [-0.15, -0.1) is 0 Å². The number of methoxy groups -OCH3 is 1. The fourth-order valence-electron chi connectivity index (χ4n) is 2.04. The van der Waals surface area contributed by atoms with E-state index in [1.54, 1.807) is 6.07 Å². The van der Waals surface area contributed by atoms with E-state index in [1.807, 2.05) is 30.3 Å². The molecule has 100 valence electrons. The van der Waals surface area contributed by atoms with E-state index in [9.17, 15) is 9.59 Å². The largest absolute Gasteiger partial charge is 0.465 e. The van der Waals surface area contributed by atoms with Gasteiger partial charge < -0.3 is 9.72 Å². The van der Waals surface area contributed by atoms with Gasteiger partial charge in [0.25, 0.3) is 0 Å². The van der Waals surface area contributed by atoms with Crippen molar-refractivity contribution < 1.29 is 9.53 Å². The Labute approximate surface area is 113 Å². The van der Waals surface area contributed by atoms with Gasteiger partial charge in [0.2, 0.25) is 0 Å². The molecule has 1 N–H and O–H groups in total. The molecule has 3 aromatic rings. The van der Waals surface area contributed by atoms with E-state index in [1.165, 1.54) is 17.9 Å². The fraction of sp³-hybridized carbons (Fsp3) is 0.0714. The molecule has 0 saturated heterocycles. The molecule has 2 aromatic heterocycles. The van der Waals surface area contributed by atoms with Crippen LogP contribution in [0.3, 0.4) is 0 Å². The molecule has 20 heavy (non-hydrogen) atoms. The van der Waals surface area contributed by atoms with Crippen LogP contribution in [-0.2, 0) is 4.74 Å². The van der Waals surface area contributed by atoms with Crippen molar-refractivity contribution >= 4 is 17.1 Å². The lowest BCUT2D eigenvalue weighted by Gasteiger charge is -2.02. The van der Waals surface area contributed by atoms with Gasteiger partial charge >= 0.3 is 11.7 Å². The summed E-state index contributed by atoms with van der Waals surface area (Å²) in [5.74, 6) is -0.493. The number of carbonyl (C=O) groups excluding carboxylic acids is 1. The van der Waals surface area contributed by atoms with E-state index in [-0.39, 0.29) is 5.69 Å². The van der Waals surface area contributed by atoms with Crippen molar-refractivity contribution in [3.63, 3.8) is 0 Å². The molecule has 0 bridgehead atoms. The average Bonchev–Trinajstić information content (AvgIpc) is 2.82. The summed E-state index contributed by atoms with van der Waals surface area (Å²) in [6, 6.07) is 10.7. The van der Waals surface area contributed by atoms with Crippen molar-refractivity contribution in [2.45, 2.75) is 0 Å². The maximum Gasteiger partial charge on any atom is 0.339 e. The molecule has 0 atom stereocenters. The highest BCUT2D eigenvalue weighted by atomic mass is 16.5. The van der Waals surface area contributed by atoms with Crippen molar-refractivity contribution in [1.82, 2.24) is 14.5 Å². The van der Waals surface area contributed by atoms with Crippen LogP contribution in [-0.4, -0.2) is 27.6 Å². The Hall–Kier alpha value is -2.89. The Balaban J connectivity index is 2.23. The number of ether oxygens (including phenoxy) is 1. The van der Waals surface area contributed by atoms with E-state index in [2.05, 4.69) is 14.7 Å². The lowest BCUT2D eigenvalue weighted by molar-refractivity contribution is 0.0600. The fourth-order valence-corrected chi connectivity index (χ4v) is 2.04. The number of rotatable bonds is 2. The highest BCUT2D eigenvalue weighted by molar-refractivity contribution is 5.92. The molecule has 0 saturated carbocycles. The monoisotopic (exact) mass is 269 g/mol. The van der Waals surface area contributed by atoms with E-state index >= 15 is 0 Å².